The molecule has 2 atom stereocenters. The highest BCUT2D eigenvalue weighted by atomic mass is 16.1. The molecule has 1 heteroatoms. The normalized spacial score (nSPS) is 36.6. The molecular formula is C12H20O. The van der Waals surface area contributed by atoms with E-state index < -0.39 is 0 Å². The molecule has 0 aromatic carbocycles. The third kappa shape index (κ3) is 1.02. The topological polar surface area (TPSA) is 17.1 Å². The maximum Gasteiger partial charge on any atom is 0.142 e. The molecule has 0 N–H and O–H groups in total. The van der Waals surface area contributed by atoms with E-state index >= 15 is 0 Å². The molecule has 0 aromatic heterocycles. The third-order valence-electron chi connectivity index (χ3n) is 4.57. The molecule has 13 heavy (non-hydrogen) atoms. The molecule has 74 valence electrons. The molecule has 2 fully saturated rings. The first-order valence-electron chi connectivity index (χ1n) is 5.80. The van der Waals surface area contributed by atoms with Crippen LogP contribution in [0.2, 0.25) is 0 Å². The van der Waals surface area contributed by atoms with E-state index in [1.54, 1.807) is 0 Å². The van der Waals surface area contributed by atoms with E-state index in [0.29, 0.717) is 11.7 Å². The van der Waals surface area contributed by atoms with Crippen molar-refractivity contribution in [2.24, 2.45) is 17.3 Å². The summed E-state index contributed by atoms with van der Waals surface area (Å²) < 4.78 is 0. The number of hydrogen-bond donors (Lipinski definition) is 0. The van der Waals surface area contributed by atoms with Crippen LogP contribution in [0.25, 0.3) is 0 Å². The molecule has 0 heterocycles. The molecule has 1 nitrogen and oxygen atoms in total. The fraction of sp³-hybridized carbons (Fsp3) is 0.917. The Morgan fingerprint density at radius 3 is 2.46 bits per heavy atom. The van der Waals surface area contributed by atoms with E-state index in [1.807, 2.05) is 0 Å². The number of hydrogen-bond acceptors (Lipinski definition) is 1. The lowest BCUT2D eigenvalue weighted by Crippen LogP contribution is -2.58. The van der Waals surface area contributed by atoms with Crippen LogP contribution in [0.3, 0.4) is 0 Å². The second kappa shape index (κ2) is 3.11. The molecule has 2 rings (SSSR count). The van der Waals surface area contributed by atoms with Gasteiger partial charge in [0.15, 0.2) is 0 Å². The van der Waals surface area contributed by atoms with Crippen LogP contribution in [0.4, 0.5) is 0 Å². The summed E-state index contributed by atoms with van der Waals surface area (Å²) in [5.74, 6) is 1.82. The van der Waals surface area contributed by atoms with Crippen molar-refractivity contribution in [1.82, 2.24) is 0 Å². The van der Waals surface area contributed by atoms with Gasteiger partial charge in [0.1, 0.15) is 5.78 Å². The smallest absolute Gasteiger partial charge is 0.142 e. The van der Waals surface area contributed by atoms with Crippen LogP contribution in [0.5, 0.6) is 0 Å². The molecule has 0 aliphatic heterocycles. The van der Waals surface area contributed by atoms with E-state index in [2.05, 4.69) is 13.8 Å². The fourth-order valence-corrected chi connectivity index (χ4v) is 3.68. The van der Waals surface area contributed by atoms with E-state index in [0.717, 1.165) is 18.8 Å². The Balaban J connectivity index is 2.17. The highest BCUT2D eigenvalue weighted by molar-refractivity contribution is 5.94. The van der Waals surface area contributed by atoms with Crippen molar-refractivity contribution in [3.8, 4) is 0 Å². The lowest BCUT2D eigenvalue weighted by atomic mass is 9.46. The third-order valence-corrected chi connectivity index (χ3v) is 4.57. The van der Waals surface area contributed by atoms with Gasteiger partial charge in [-0.25, -0.2) is 0 Å². The average Bonchev–Trinajstić information content (AvgIpc) is 2.20. The molecule has 0 amide bonds. The van der Waals surface area contributed by atoms with Crippen LogP contribution in [0.1, 0.15) is 52.4 Å². The Morgan fingerprint density at radius 2 is 1.85 bits per heavy atom. The Kier molecular flexibility index (Phi) is 2.21. The fourth-order valence-electron chi connectivity index (χ4n) is 3.68. The Hall–Kier alpha value is -0.330. The first-order valence-corrected chi connectivity index (χ1v) is 5.80. The minimum absolute atomic E-state index is 0.116. The molecular weight excluding hydrogens is 160 g/mol. The van der Waals surface area contributed by atoms with Gasteiger partial charge in [-0.3, -0.25) is 4.79 Å². The van der Waals surface area contributed by atoms with Gasteiger partial charge >= 0.3 is 0 Å². The van der Waals surface area contributed by atoms with Gasteiger partial charge in [-0.1, -0.05) is 26.7 Å². The standard InChI is InChI=1S/C12H20O/c1-3-12(4-2)10-8-6-5-7-9(10)11(12)13/h9-10H,3-8H2,1-2H3. The average molecular weight is 180 g/mol. The van der Waals surface area contributed by atoms with E-state index in [9.17, 15) is 4.79 Å². The minimum atomic E-state index is 0.116. The summed E-state index contributed by atoms with van der Waals surface area (Å²) in [5, 5.41) is 0. The quantitative estimate of drug-likeness (QED) is 0.638. The molecule has 0 saturated heterocycles. The predicted octanol–water partition coefficient (Wildman–Crippen LogP) is 3.18. The Morgan fingerprint density at radius 1 is 1.23 bits per heavy atom. The summed E-state index contributed by atoms with van der Waals surface area (Å²) in [6.07, 6.45) is 7.29. The largest absolute Gasteiger partial charge is 0.299 e. The molecule has 0 spiro atoms. The van der Waals surface area contributed by atoms with Gasteiger partial charge < -0.3 is 0 Å². The summed E-state index contributed by atoms with van der Waals surface area (Å²) in [5.41, 5.74) is 0.116. The zero-order valence-corrected chi connectivity index (χ0v) is 8.81. The maximum atomic E-state index is 12.0. The first kappa shape index (κ1) is 9.23. The number of carbonyl (C=O) groups excluding carboxylic acids is 1. The molecule has 2 aliphatic carbocycles. The van der Waals surface area contributed by atoms with E-state index in [4.69, 9.17) is 0 Å². The van der Waals surface area contributed by atoms with Crippen molar-refractivity contribution in [2.45, 2.75) is 52.4 Å². The summed E-state index contributed by atoms with van der Waals surface area (Å²) in [6, 6.07) is 0. The van der Waals surface area contributed by atoms with Gasteiger partial charge in [0.2, 0.25) is 0 Å². The van der Waals surface area contributed by atoms with Gasteiger partial charge in [-0.05, 0) is 31.6 Å². The van der Waals surface area contributed by atoms with Crippen LogP contribution >= 0.6 is 0 Å². The van der Waals surface area contributed by atoms with Crippen molar-refractivity contribution >= 4 is 5.78 Å². The highest BCUT2D eigenvalue weighted by Crippen LogP contribution is 2.58. The van der Waals surface area contributed by atoms with Crippen molar-refractivity contribution in [3.05, 3.63) is 0 Å². The van der Waals surface area contributed by atoms with Gasteiger partial charge in [0, 0.05) is 11.3 Å². The van der Waals surface area contributed by atoms with Crippen LogP contribution < -0.4 is 0 Å². The molecule has 0 aromatic rings. The zero-order chi connectivity index (χ0) is 9.47. The van der Waals surface area contributed by atoms with Crippen LogP contribution in [-0.4, -0.2) is 5.78 Å². The number of fused-ring (bicyclic) bond motifs is 1. The Labute approximate surface area is 80.9 Å². The number of Topliss-reactive ketones (excluding diaryl/α,β-unsaturated/α-hetero) is 1. The molecule has 0 radical (unpaired) electrons. The maximum absolute atomic E-state index is 12.0. The predicted molar refractivity (Wildman–Crippen MR) is 53.5 cm³/mol. The number of ketones is 1. The molecule has 2 aliphatic rings. The van der Waals surface area contributed by atoms with Gasteiger partial charge in [0.05, 0.1) is 0 Å². The SMILES string of the molecule is CCC1(CC)C(=O)C2CCCCC21. The second-order valence-corrected chi connectivity index (χ2v) is 4.72. The summed E-state index contributed by atoms with van der Waals surface area (Å²) in [7, 11) is 0. The van der Waals surface area contributed by atoms with Crippen molar-refractivity contribution < 1.29 is 4.79 Å². The minimum Gasteiger partial charge on any atom is -0.299 e. The van der Waals surface area contributed by atoms with Gasteiger partial charge in [-0.2, -0.15) is 0 Å². The molecule has 0 bridgehead atoms. The second-order valence-electron chi connectivity index (χ2n) is 4.72. The van der Waals surface area contributed by atoms with Gasteiger partial charge in [-0.15, -0.1) is 0 Å². The van der Waals surface area contributed by atoms with Crippen LogP contribution in [0, 0.1) is 17.3 Å². The molecule has 2 unspecified atom stereocenters. The number of rotatable bonds is 2. The lowest BCUT2D eigenvalue weighted by Gasteiger charge is -2.55. The first-order chi connectivity index (χ1) is 6.26. The summed E-state index contributed by atoms with van der Waals surface area (Å²) >= 11 is 0. The highest BCUT2D eigenvalue weighted by Gasteiger charge is 2.59. The monoisotopic (exact) mass is 180 g/mol. The summed E-state index contributed by atoms with van der Waals surface area (Å²) in [4.78, 5) is 12.0. The summed E-state index contributed by atoms with van der Waals surface area (Å²) in [6.45, 7) is 4.37. The van der Waals surface area contributed by atoms with E-state index in [-0.39, 0.29) is 5.41 Å². The van der Waals surface area contributed by atoms with Crippen molar-refractivity contribution in [3.63, 3.8) is 0 Å². The van der Waals surface area contributed by atoms with Crippen molar-refractivity contribution in [2.75, 3.05) is 0 Å². The number of carbonyl (C=O) groups is 1. The zero-order valence-electron chi connectivity index (χ0n) is 8.81. The van der Waals surface area contributed by atoms with Crippen LogP contribution in [-0.2, 0) is 4.79 Å². The van der Waals surface area contributed by atoms with E-state index in [1.165, 1.54) is 25.7 Å². The van der Waals surface area contributed by atoms with Crippen molar-refractivity contribution in [1.29, 1.82) is 0 Å². The lowest BCUT2D eigenvalue weighted by molar-refractivity contribution is -0.163. The van der Waals surface area contributed by atoms with Crippen LogP contribution in [0.15, 0.2) is 0 Å². The Bertz CT molecular complexity index is 215. The molecule has 2 saturated carbocycles. The van der Waals surface area contributed by atoms with Gasteiger partial charge in [0.25, 0.3) is 0 Å².